The molecule has 4 heterocycles. The van der Waals surface area contributed by atoms with E-state index in [-0.39, 0.29) is 38.5 Å². The van der Waals surface area contributed by atoms with E-state index in [0.29, 0.717) is 16.6 Å². The summed E-state index contributed by atoms with van der Waals surface area (Å²) in [5.74, 6) is 6.28. The van der Waals surface area contributed by atoms with E-state index in [1.165, 1.54) is 28.6 Å². The number of amides is 1. The Morgan fingerprint density at radius 2 is 1.90 bits per heavy atom. The summed E-state index contributed by atoms with van der Waals surface area (Å²) < 4.78 is 28.3. The van der Waals surface area contributed by atoms with Crippen LogP contribution in [0.25, 0.3) is 16.9 Å². The molecule has 3 aromatic heterocycles. The number of carbonyl (C=O) groups excluding carboxylic acids is 1. The fourth-order valence-corrected chi connectivity index (χ4v) is 4.73. The number of hydrazone groups is 1. The lowest BCUT2D eigenvalue weighted by molar-refractivity contribution is 0.0978. The van der Waals surface area contributed by atoms with Crippen LogP contribution in [0.1, 0.15) is 60.3 Å². The minimum Gasteiger partial charge on any atom is -0.299 e. The number of rotatable bonds is 4. The van der Waals surface area contributed by atoms with E-state index in [9.17, 15) is 18.4 Å². The maximum atomic E-state index is 13.5. The van der Waals surface area contributed by atoms with Crippen molar-refractivity contribution in [3.8, 4) is 28.8 Å². The molecule has 0 aromatic carbocycles. The minimum atomic E-state index is -2.85. The average molecular weight is 585 g/mol. The molecular weight excluding hydrogens is 558 g/mol. The third kappa shape index (κ3) is 6.69. The molecule has 1 unspecified atom stereocenters. The smallest absolute Gasteiger partial charge is 0.280 e. The molecule has 2 aliphatic rings. The predicted octanol–water partition coefficient (Wildman–Crippen LogP) is 5.61. The molecule has 1 fully saturated rings. The molecule has 1 atom stereocenters. The molecule has 3 aromatic rings. The van der Waals surface area contributed by atoms with Crippen LogP contribution in [0, 0.1) is 31.6 Å². The van der Waals surface area contributed by atoms with Gasteiger partial charge in [-0.05, 0) is 62.2 Å². The Morgan fingerprint density at radius 3 is 2.60 bits per heavy atom. The van der Waals surface area contributed by atoms with Crippen molar-refractivity contribution in [1.29, 1.82) is 0 Å². The van der Waals surface area contributed by atoms with Crippen molar-refractivity contribution in [2.45, 2.75) is 52.3 Å². The van der Waals surface area contributed by atoms with Crippen molar-refractivity contribution >= 4 is 34.4 Å². The molecule has 0 spiro atoms. The topological polar surface area (TPSA) is 101 Å². The Morgan fingerprint density at radius 1 is 1.15 bits per heavy atom. The predicted molar refractivity (Wildman–Crippen MR) is 154 cm³/mol. The van der Waals surface area contributed by atoms with Gasteiger partial charge in [0.05, 0.1) is 10.6 Å². The first-order valence-corrected chi connectivity index (χ1v) is 13.9. The first-order valence-electron chi connectivity index (χ1n) is 12.7. The second-order valence-corrected chi connectivity index (χ2v) is 10.4. The van der Waals surface area contributed by atoms with Crippen molar-refractivity contribution in [2.24, 2.45) is 11.0 Å². The van der Waals surface area contributed by atoms with Gasteiger partial charge in [0.15, 0.2) is 10.5 Å². The molecule has 40 heavy (non-hydrogen) atoms. The van der Waals surface area contributed by atoms with Gasteiger partial charge >= 0.3 is 0 Å². The number of nitrogens with one attached hydrogen (secondary N) is 2. The zero-order valence-electron chi connectivity index (χ0n) is 22.3. The number of alkyl halides is 2. The van der Waals surface area contributed by atoms with E-state index < -0.39 is 18.0 Å². The quantitative estimate of drug-likeness (QED) is 0.387. The fourth-order valence-electron chi connectivity index (χ4n) is 3.81. The zero-order chi connectivity index (χ0) is 29.0. The third-order valence-corrected chi connectivity index (χ3v) is 7.01. The van der Waals surface area contributed by atoms with E-state index in [0.717, 1.165) is 30.7 Å². The van der Waals surface area contributed by atoms with Crippen LogP contribution < -0.4 is 16.3 Å². The van der Waals surface area contributed by atoms with E-state index in [1.807, 2.05) is 20.8 Å². The van der Waals surface area contributed by atoms with Crippen LogP contribution in [-0.2, 0) is 0 Å². The number of aromatic nitrogens is 3. The number of amidine groups is 1. The molecule has 12 heteroatoms. The Labute approximate surface area is 239 Å². The van der Waals surface area contributed by atoms with Crippen LogP contribution in [0.5, 0.6) is 0 Å². The van der Waals surface area contributed by atoms with Crippen molar-refractivity contribution in [3.05, 3.63) is 74.6 Å². The number of carbonyl (C=O) groups is 1. The molecule has 208 valence electrons. The molecule has 0 saturated heterocycles. The molecule has 8 nitrogen and oxygen atoms in total. The lowest BCUT2D eigenvalue weighted by atomic mass is 10.0. The lowest BCUT2D eigenvalue weighted by Gasteiger charge is -2.15. The van der Waals surface area contributed by atoms with E-state index >= 15 is 0 Å². The maximum Gasteiger partial charge on any atom is 0.280 e. The maximum absolute atomic E-state index is 13.5. The molecule has 1 saturated carbocycles. The Balaban J connectivity index is 0.00000181. The van der Waals surface area contributed by atoms with Crippen LogP contribution in [0.2, 0.25) is 5.02 Å². The van der Waals surface area contributed by atoms with Crippen molar-refractivity contribution in [1.82, 2.24) is 25.3 Å². The highest BCUT2D eigenvalue weighted by Crippen LogP contribution is 2.34. The normalized spacial score (nSPS) is 15.8. The Bertz CT molecular complexity index is 1590. The van der Waals surface area contributed by atoms with Gasteiger partial charge in [-0.2, -0.15) is 5.10 Å². The Hall–Kier alpha value is -3.75. The van der Waals surface area contributed by atoms with Gasteiger partial charge < -0.3 is 0 Å². The highest BCUT2D eigenvalue weighted by Gasteiger charge is 2.25. The molecule has 5 rings (SSSR count). The minimum absolute atomic E-state index is 0.0512. The monoisotopic (exact) mass is 584 g/mol. The second kappa shape index (κ2) is 12.6. The summed E-state index contributed by atoms with van der Waals surface area (Å²) in [6.07, 6.45) is 3.33. The van der Waals surface area contributed by atoms with Crippen LogP contribution in [0.4, 0.5) is 8.78 Å². The highest BCUT2D eigenvalue weighted by molar-refractivity contribution is 8.14. The van der Waals surface area contributed by atoms with Gasteiger partial charge in [-0.25, -0.2) is 13.8 Å². The molecule has 1 amide bonds. The third-order valence-electron chi connectivity index (χ3n) is 5.83. The van der Waals surface area contributed by atoms with Crippen molar-refractivity contribution in [2.75, 3.05) is 0 Å². The number of hydrogen-bond acceptors (Lipinski definition) is 7. The molecule has 1 aliphatic carbocycles. The summed E-state index contributed by atoms with van der Waals surface area (Å²) in [5.41, 5.74) is 3.78. The van der Waals surface area contributed by atoms with E-state index in [2.05, 4.69) is 37.7 Å². The number of nitrogens with zero attached hydrogens (tertiary/aromatic N) is 4. The fraction of sp³-hybridized carbons (Fsp3) is 0.321. The number of aryl methyl sites for hydroxylation is 2. The summed E-state index contributed by atoms with van der Waals surface area (Å²) in [7, 11) is 0. The summed E-state index contributed by atoms with van der Waals surface area (Å²) in [6.45, 7) is 7.51. The summed E-state index contributed by atoms with van der Waals surface area (Å²) >= 11 is 7.62. The van der Waals surface area contributed by atoms with Gasteiger partial charge in [0.1, 0.15) is 11.5 Å². The molecule has 1 aliphatic heterocycles. The van der Waals surface area contributed by atoms with Gasteiger partial charge in [0.25, 0.3) is 17.9 Å². The number of hydrogen-bond donors (Lipinski definition) is 2. The average Bonchev–Trinajstić information content (AvgIpc) is 3.67. The standard InChI is InChI=1S/C26H21ClF2N6O2S.C2H6/c1-13-7-14(2)25(37)35(12-13)21-9-16(17-8-20(23(28)29)30-11-19(17)27)18(10-31-21)24(36)32-26-34-33-22(38-26)6-5-15-3-4-15;1-2/h7-12,15,22-23,33H,3-4H2,1-2H3,(H,32,34,36);1-2H3. The van der Waals surface area contributed by atoms with E-state index in [1.54, 1.807) is 19.2 Å². The van der Waals surface area contributed by atoms with Gasteiger partial charge in [-0.15, -0.1) is 0 Å². The Kier molecular flexibility index (Phi) is 9.22. The van der Waals surface area contributed by atoms with Crippen molar-refractivity contribution < 1.29 is 13.6 Å². The van der Waals surface area contributed by atoms with Crippen LogP contribution in [0.3, 0.4) is 0 Å². The largest absolute Gasteiger partial charge is 0.299 e. The molecule has 0 radical (unpaired) electrons. The van der Waals surface area contributed by atoms with Gasteiger partial charge in [0, 0.05) is 41.2 Å². The van der Waals surface area contributed by atoms with Gasteiger partial charge in [-0.1, -0.05) is 37.3 Å². The SMILES string of the molecule is CC.Cc1cc(C)c(=O)n(-c2cc(-c3cc(C(F)F)ncc3Cl)c(C(=O)NC3=NNC(C#CC4CC4)S3)cn2)c1. The summed E-state index contributed by atoms with van der Waals surface area (Å²) in [6, 6.07) is 4.34. The number of pyridine rings is 3. The first kappa shape index (κ1) is 29.2. The van der Waals surface area contributed by atoms with Gasteiger partial charge in [-0.3, -0.25) is 29.9 Å². The highest BCUT2D eigenvalue weighted by atomic mass is 35.5. The van der Waals surface area contributed by atoms with E-state index in [4.69, 9.17) is 11.6 Å². The lowest BCUT2D eigenvalue weighted by Crippen LogP contribution is -2.28. The second-order valence-electron chi connectivity index (χ2n) is 8.91. The first-order chi connectivity index (χ1) is 19.2. The van der Waals surface area contributed by atoms with Gasteiger partial charge in [0.2, 0.25) is 0 Å². The van der Waals surface area contributed by atoms with Crippen LogP contribution in [-0.4, -0.2) is 31.0 Å². The summed E-state index contributed by atoms with van der Waals surface area (Å²) in [5, 5.41) is 6.91. The summed E-state index contributed by atoms with van der Waals surface area (Å²) in [4.78, 5) is 34.2. The number of halogens is 3. The molecular formula is C28H27ClF2N6O2S. The zero-order valence-corrected chi connectivity index (χ0v) is 23.8. The van der Waals surface area contributed by atoms with Crippen molar-refractivity contribution in [3.63, 3.8) is 0 Å². The van der Waals surface area contributed by atoms with Crippen LogP contribution >= 0.6 is 23.4 Å². The number of thioether (sulfide) groups is 1. The molecule has 2 N–H and O–H groups in total. The van der Waals surface area contributed by atoms with Crippen LogP contribution in [0.15, 0.2) is 46.7 Å². The molecule has 0 bridgehead atoms.